The Morgan fingerprint density at radius 2 is 2.21 bits per heavy atom. The Kier molecular flexibility index (Phi) is 6.41. The van der Waals surface area contributed by atoms with Crippen molar-refractivity contribution in [2.75, 3.05) is 25.0 Å². The lowest BCUT2D eigenvalue weighted by Gasteiger charge is -2.21. The van der Waals surface area contributed by atoms with E-state index in [0.29, 0.717) is 19.0 Å². The average molecular weight is 389 g/mol. The SMILES string of the molecule is N#C[C@@H]1CCCN1C(=O)CNC1CCC(CNc2ccc([N+](=O)[O-])cc2F)C1. The number of hydrogen-bond acceptors (Lipinski definition) is 6. The fraction of sp³-hybridized carbons (Fsp3) is 0.579. The topological polar surface area (TPSA) is 111 Å². The molecule has 150 valence electrons. The minimum absolute atomic E-state index is 0.0291. The highest BCUT2D eigenvalue weighted by atomic mass is 19.1. The van der Waals surface area contributed by atoms with Gasteiger partial charge in [-0.1, -0.05) is 0 Å². The maximum absolute atomic E-state index is 13.9. The summed E-state index contributed by atoms with van der Waals surface area (Å²) in [6.07, 6.45) is 4.39. The number of nitro benzene ring substituents is 1. The lowest BCUT2D eigenvalue weighted by molar-refractivity contribution is -0.385. The molecule has 0 aromatic heterocycles. The number of hydrogen-bond donors (Lipinski definition) is 2. The Bertz CT molecular complexity index is 781. The molecule has 2 N–H and O–H groups in total. The van der Waals surface area contributed by atoms with Crippen molar-refractivity contribution < 1.29 is 14.1 Å². The zero-order valence-corrected chi connectivity index (χ0v) is 15.6. The molecule has 28 heavy (non-hydrogen) atoms. The highest BCUT2D eigenvalue weighted by molar-refractivity contribution is 5.79. The number of nitriles is 1. The quantitative estimate of drug-likeness (QED) is 0.547. The molecule has 1 heterocycles. The molecule has 1 saturated carbocycles. The summed E-state index contributed by atoms with van der Waals surface area (Å²) in [5, 5.41) is 26.1. The standard InChI is InChI=1S/C19H24FN5O3/c20-17-9-15(25(27)28)5-6-18(17)23-11-13-3-4-14(8-13)22-12-19(26)24-7-1-2-16(24)10-21/h5-6,9,13-14,16,22-23H,1-4,7-8,11-12H2/t13?,14?,16-/m0/s1. The molecule has 3 atom stereocenters. The number of halogens is 1. The molecule has 0 spiro atoms. The van der Waals surface area contributed by atoms with E-state index < -0.39 is 10.7 Å². The summed E-state index contributed by atoms with van der Waals surface area (Å²) in [6, 6.07) is 5.69. The molecule has 1 aliphatic heterocycles. The van der Waals surface area contributed by atoms with E-state index in [4.69, 9.17) is 5.26 Å². The molecule has 1 aromatic rings. The first-order valence-corrected chi connectivity index (χ1v) is 9.58. The summed E-state index contributed by atoms with van der Waals surface area (Å²) in [5.74, 6) is -0.329. The van der Waals surface area contributed by atoms with Gasteiger partial charge in [0.15, 0.2) is 5.82 Å². The van der Waals surface area contributed by atoms with Gasteiger partial charge >= 0.3 is 0 Å². The van der Waals surface area contributed by atoms with Gasteiger partial charge in [0.1, 0.15) is 6.04 Å². The Balaban J connectivity index is 1.41. The zero-order chi connectivity index (χ0) is 20.1. The molecule has 1 aromatic carbocycles. The number of rotatable bonds is 7. The van der Waals surface area contributed by atoms with E-state index in [1.54, 1.807) is 4.90 Å². The number of non-ortho nitro benzene ring substituents is 1. The van der Waals surface area contributed by atoms with E-state index in [2.05, 4.69) is 16.7 Å². The van der Waals surface area contributed by atoms with E-state index in [-0.39, 0.29) is 35.9 Å². The first kappa shape index (κ1) is 20.0. The third-order valence-electron chi connectivity index (χ3n) is 5.55. The molecule has 2 aliphatic rings. The third-order valence-corrected chi connectivity index (χ3v) is 5.55. The molecule has 1 aliphatic carbocycles. The second-order valence-electron chi connectivity index (χ2n) is 7.43. The van der Waals surface area contributed by atoms with E-state index in [1.165, 1.54) is 12.1 Å². The van der Waals surface area contributed by atoms with E-state index in [9.17, 15) is 19.3 Å². The van der Waals surface area contributed by atoms with Crippen LogP contribution in [-0.2, 0) is 4.79 Å². The molecule has 8 nitrogen and oxygen atoms in total. The molecule has 1 amide bonds. The fourth-order valence-electron chi connectivity index (χ4n) is 3.99. The number of benzene rings is 1. The van der Waals surface area contributed by atoms with Crippen molar-refractivity contribution in [1.29, 1.82) is 5.26 Å². The van der Waals surface area contributed by atoms with Gasteiger partial charge in [-0.25, -0.2) is 4.39 Å². The highest BCUT2D eigenvalue weighted by Gasteiger charge is 2.30. The maximum atomic E-state index is 13.9. The lowest BCUT2D eigenvalue weighted by Crippen LogP contribution is -2.43. The first-order valence-electron chi connectivity index (χ1n) is 9.58. The maximum Gasteiger partial charge on any atom is 0.272 e. The van der Waals surface area contributed by atoms with Crippen LogP contribution in [0, 0.1) is 33.2 Å². The van der Waals surface area contributed by atoms with Crippen LogP contribution in [0.4, 0.5) is 15.8 Å². The Hall–Kier alpha value is -2.73. The van der Waals surface area contributed by atoms with E-state index in [0.717, 1.165) is 38.2 Å². The summed E-state index contributed by atoms with van der Waals surface area (Å²) < 4.78 is 13.9. The van der Waals surface area contributed by atoms with Crippen LogP contribution >= 0.6 is 0 Å². The first-order chi connectivity index (χ1) is 13.5. The monoisotopic (exact) mass is 389 g/mol. The van der Waals surface area contributed by atoms with Crippen LogP contribution in [0.2, 0.25) is 0 Å². The summed E-state index contributed by atoms with van der Waals surface area (Å²) in [5.41, 5.74) is -0.0109. The predicted molar refractivity (Wildman–Crippen MR) is 101 cm³/mol. The van der Waals surface area contributed by atoms with Gasteiger partial charge in [-0.05, 0) is 44.1 Å². The van der Waals surface area contributed by atoms with Crippen LogP contribution in [0.25, 0.3) is 0 Å². The molecule has 1 saturated heterocycles. The summed E-state index contributed by atoms with van der Waals surface area (Å²) in [4.78, 5) is 24.0. The molecular weight excluding hydrogens is 365 g/mol. The van der Waals surface area contributed by atoms with E-state index in [1.807, 2.05) is 0 Å². The van der Waals surface area contributed by atoms with Crippen molar-refractivity contribution in [3.05, 3.63) is 34.1 Å². The summed E-state index contributed by atoms with van der Waals surface area (Å²) in [6.45, 7) is 1.46. The number of nitro groups is 1. The van der Waals surface area contributed by atoms with Gasteiger partial charge in [-0.3, -0.25) is 14.9 Å². The molecule has 9 heteroatoms. The Labute approximate surface area is 162 Å². The molecular formula is C19H24FN5O3. The number of nitrogens with zero attached hydrogens (tertiary/aromatic N) is 3. The molecule has 3 rings (SSSR count). The number of carbonyl (C=O) groups excluding carboxylic acids is 1. The fourth-order valence-corrected chi connectivity index (χ4v) is 3.99. The van der Waals surface area contributed by atoms with Crippen molar-refractivity contribution in [2.45, 2.75) is 44.2 Å². The van der Waals surface area contributed by atoms with Crippen LogP contribution < -0.4 is 10.6 Å². The van der Waals surface area contributed by atoms with Crippen molar-refractivity contribution in [2.24, 2.45) is 5.92 Å². The van der Waals surface area contributed by atoms with Crippen LogP contribution in [0.3, 0.4) is 0 Å². The largest absolute Gasteiger partial charge is 0.382 e. The minimum Gasteiger partial charge on any atom is -0.382 e. The van der Waals surface area contributed by atoms with Crippen LogP contribution in [0.1, 0.15) is 32.1 Å². The van der Waals surface area contributed by atoms with Crippen LogP contribution in [0.15, 0.2) is 18.2 Å². The van der Waals surface area contributed by atoms with Gasteiger partial charge in [-0.2, -0.15) is 5.26 Å². The highest BCUT2D eigenvalue weighted by Crippen LogP contribution is 2.27. The van der Waals surface area contributed by atoms with Crippen molar-refractivity contribution in [3.63, 3.8) is 0 Å². The van der Waals surface area contributed by atoms with Gasteiger partial charge in [-0.15, -0.1) is 0 Å². The van der Waals surface area contributed by atoms with Crippen molar-refractivity contribution in [3.8, 4) is 6.07 Å². The van der Waals surface area contributed by atoms with Gasteiger partial charge in [0.05, 0.1) is 29.3 Å². The van der Waals surface area contributed by atoms with Crippen LogP contribution in [-0.4, -0.2) is 47.4 Å². The zero-order valence-electron chi connectivity index (χ0n) is 15.6. The number of amides is 1. The van der Waals surface area contributed by atoms with Crippen LogP contribution in [0.5, 0.6) is 0 Å². The molecule has 2 unspecified atom stereocenters. The number of carbonyl (C=O) groups is 1. The molecule has 2 fully saturated rings. The smallest absolute Gasteiger partial charge is 0.272 e. The third kappa shape index (κ3) is 4.75. The summed E-state index contributed by atoms with van der Waals surface area (Å²) in [7, 11) is 0. The average Bonchev–Trinajstić information content (AvgIpc) is 3.34. The lowest BCUT2D eigenvalue weighted by atomic mass is 10.1. The van der Waals surface area contributed by atoms with Gasteiger partial charge < -0.3 is 15.5 Å². The molecule has 0 bridgehead atoms. The summed E-state index contributed by atoms with van der Waals surface area (Å²) >= 11 is 0. The second kappa shape index (κ2) is 8.97. The minimum atomic E-state index is -0.634. The Morgan fingerprint density at radius 1 is 1.39 bits per heavy atom. The normalized spacial score (nSPS) is 24.1. The van der Waals surface area contributed by atoms with Gasteiger partial charge in [0.25, 0.3) is 5.69 Å². The van der Waals surface area contributed by atoms with Gasteiger partial charge in [0, 0.05) is 25.2 Å². The number of anilines is 1. The second-order valence-corrected chi connectivity index (χ2v) is 7.43. The van der Waals surface area contributed by atoms with Crippen molar-refractivity contribution in [1.82, 2.24) is 10.2 Å². The van der Waals surface area contributed by atoms with E-state index >= 15 is 0 Å². The number of likely N-dealkylation sites (tertiary alicyclic amines) is 1. The molecule has 0 radical (unpaired) electrons. The Morgan fingerprint density at radius 3 is 2.93 bits per heavy atom. The van der Waals surface area contributed by atoms with Crippen molar-refractivity contribution >= 4 is 17.3 Å². The number of nitrogens with one attached hydrogen (secondary N) is 2. The van der Waals surface area contributed by atoms with Gasteiger partial charge in [0.2, 0.25) is 5.91 Å². The predicted octanol–water partition coefficient (Wildman–Crippen LogP) is 2.42.